The van der Waals surface area contributed by atoms with E-state index >= 15 is 0 Å². The number of aromatic nitrogens is 1. The van der Waals surface area contributed by atoms with Crippen molar-refractivity contribution in [2.24, 2.45) is 0 Å². The van der Waals surface area contributed by atoms with Crippen molar-refractivity contribution < 1.29 is 0 Å². The molecule has 3 nitrogen and oxygen atoms in total. The number of halogens is 2. The van der Waals surface area contributed by atoms with Crippen LogP contribution in [0.4, 0.5) is 0 Å². The molecule has 0 radical (unpaired) electrons. The molecule has 2 rings (SSSR count). The second-order valence-corrected chi connectivity index (χ2v) is 5.70. The van der Waals surface area contributed by atoms with Crippen LogP contribution in [-0.4, -0.2) is 36.1 Å². The topological polar surface area (TPSA) is 28.2 Å². The second kappa shape index (κ2) is 6.77. The van der Waals surface area contributed by atoms with Gasteiger partial charge >= 0.3 is 0 Å². The maximum absolute atomic E-state index is 5.86. The van der Waals surface area contributed by atoms with E-state index in [0.717, 1.165) is 29.0 Å². The smallest absolute Gasteiger partial charge is 0.113 e. The molecule has 1 fully saturated rings. The van der Waals surface area contributed by atoms with Crippen LogP contribution in [0.2, 0.25) is 4.34 Å². The Hall–Kier alpha value is 0.130. The molecule has 0 unspecified atom stereocenters. The van der Waals surface area contributed by atoms with Gasteiger partial charge < -0.3 is 5.32 Å². The van der Waals surface area contributed by atoms with Crippen molar-refractivity contribution in [1.29, 1.82) is 0 Å². The van der Waals surface area contributed by atoms with Gasteiger partial charge in [0.1, 0.15) is 9.34 Å². The fourth-order valence-corrected chi connectivity index (χ4v) is 2.97. The van der Waals surface area contributed by atoms with Gasteiger partial charge in [-0.3, -0.25) is 4.90 Å². The summed E-state index contributed by atoms with van der Waals surface area (Å²) >= 11 is 7.43. The number of piperidine rings is 1. The molecule has 0 amide bonds. The van der Waals surface area contributed by atoms with Crippen molar-refractivity contribution >= 4 is 35.3 Å². The highest BCUT2D eigenvalue weighted by atomic mass is 35.5. The first kappa shape index (κ1) is 14.2. The molecule has 1 aliphatic rings. The molecule has 1 saturated heterocycles. The summed E-state index contributed by atoms with van der Waals surface area (Å²) in [5.74, 6) is 0. The summed E-state index contributed by atoms with van der Waals surface area (Å²) in [4.78, 5) is 6.66. The summed E-state index contributed by atoms with van der Waals surface area (Å²) in [5.41, 5.74) is 0. The van der Waals surface area contributed by atoms with E-state index in [9.17, 15) is 0 Å². The normalized spacial score (nSPS) is 17.4. The Morgan fingerprint density at radius 2 is 2.25 bits per heavy atom. The Balaban J connectivity index is 0.00000128. The van der Waals surface area contributed by atoms with Crippen molar-refractivity contribution in [3.8, 4) is 0 Å². The van der Waals surface area contributed by atoms with Gasteiger partial charge in [0.15, 0.2) is 0 Å². The number of nitrogens with one attached hydrogen (secondary N) is 1. The van der Waals surface area contributed by atoms with E-state index in [4.69, 9.17) is 11.6 Å². The Morgan fingerprint density at radius 1 is 1.56 bits per heavy atom. The molecule has 6 heteroatoms. The molecule has 0 aromatic carbocycles. The van der Waals surface area contributed by atoms with E-state index < -0.39 is 0 Å². The molecule has 0 atom stereocenters. The molecule has 1 aliphatic heterocycles. The maximum Gasteiger partial charge on any atom is 0.113 e. The third-order valence-corrected chi connectivity index (χ3v) is 3.94. The van der Waals surface area contributed by atoms with E-state index in [1.54, 1.807) is 17.5 Å². The minimum atomic E-state index is 0. The monoisotopic (exact) mass is 281 g/mol. The number of hydrogen-bond donors (Lipinski definition) is 1. The van der Waals surface area contributed by atoms with Crippen LogP contribution in [0, 0.1) is 0 Å². The quantitative estimate of drug-likeness (QED) is 0.922. The SMILES string of the molecule is CN(Cc1ncc(Cl)s1)C1CCNCC1.Cl. The zero-order valence-electron chi connectivity index (χ0n) is 9.28. The third kappa shape index (κ3) is 3.86. The molecule has 16 heavy (non-hydrogen) atoms. The van der Waals surface area contributed by atoms with Gasteiger partial charge in [-0.25, -0.2) is 4.98 Å². The summed E-state index contributed by atoms with van der Waals surface area (Å²) in [7, 11) is 2.17. The Kier molecular flexibility index (Phi) is 6.00. The molecule has 1 N–H and O–H groups in total. The van der Waals surface area contributed by atoms with Crippen LogP contribution in [0.25, 0.3) is 0 Å². The Bertz CT molecular complexity index is 313. The molecular weight excluding hydrogens is 265 g/mol. The third-order valence-electron chi connectivity index (χ3n) is 2.84. The number of rotatable bonds is 3. The average molecular weight is 282 g/mol. The number of hydrogen-bond acceptors (Lipinski definition) is 4. The van der Waals surface area contributed by atoms with Crippen LogP contribution >= 0.6 is 35.3 Å². The average Bonchev–Trinajstić information content (AvgIpc) is 2.65. The van der Waals surface area contributed by atoms with Crippen molar-refractivity contribution in [2.75, 3.05) is 20.1 Å². The molecule has 0 spiro atoms. The zero-order valence-corrected chi connectivity index (χ0v) is 11.7. The van der Waals surface area contributed by atoms with Gasteiger partial charge in [-0.1, -0.05) is 11.6 Å². The van der Waals surface area contributed by atoms with Gasteiger partial charge in [-0.05, 0) is 33.0 Å². The molecule has 1 aromatic heterocycles. The molecule has 2 heterocycles. The molecular formula is C10H17Cl2N3S. The predicted octanol–water partition coefficient (Wildman–Crippen LogP) is 2.40. The first-order valence-corrected chi connectivity index (χ1v) is 6.46. The first-order valence-electron chi connectivity index (χ1n) is 5.27. The van der Waals surface area contributed by atoms with Crippen LogP contribution in [0.1, 0.15) is 17.8 Å². The van der Waals surface area contributed by atoms with E-state index in [1.807, 2.05) is 0 Å². The summed E-state index contributed by atoms with van der Waals surface area (Å²) in [6, 6.07) is 0.689. The lowest BCUT2D eigenvalue weighted by molar-refractivity contribution is 0.191. The molecule has 0 aliphatic carbocycles. The van der Waals surface area contributed by atoms with Gasteiger partial charge in [-0.15, -0.1) is 23.7 Å². The highest BCUT2D eigenvalue weighted by Crippen LogP contribution is 2.21. The fourth-order valence-electron chi connectivity index (χ4n) is 1.95. The Morgan fingerprint density at radius 3 is 2.81 bits per heavy atom. The van der Waals surface area contributed by atoms with E-state index in [-0.39, 0.29) is 12.4 Å². The van der Waals surface area contributed by atoms with Gasteiger partial charge in [0.25, 0.3) is 0 Å². The van der Waals surface area contributed by atoms with E-state index in [1.165, 1.54) is 12.8 Å². The first-order chi connectivity index (χ1) is 7.25. The van der Waals surface area contributed by atoms with Crippen molar-refractivity contribution in [3.05, 3.63) is 15.5 Å². The Labute approximate surface area is 112 Å². The van der Waals surface area contributed by atoms with Crippen LogP contribution in [-0.2, 0) is 6.54 Å². The van der Waals surface area contributed by atoms with Crippen molar-refractivity contribution in [3.63, 3.8) is 0 Å². The molecule has 0 saturated carbocycles. The van der Waals surface area contributed by atoms with E-state index in [2.05, 4.69) is 22.2 Å². The van der Waals surface area contributed by atoms with Crippen molar-refractivity contribution in [2.45, 2.75) is 25.4 Å². The second-order valence-electron chi connectivity index (χ2n) is 3.95. The van der Waals surface area contributed by atoms with Crippen LogP contribution in [0.15, 0.2) is 6.20 Å². The molecule has 92 valence electrons. The maximum atomic E-state index is 5.86. The van der Waals surface area contributed by atoms with Gasteiger partial charge in [0.05, 0.1) is 12.7 Å². The number of thiazole rings is 1. The lowest BCUT2D eigenvalue weighted by Crippen LogP contribution is -2.40. The molecule has 0 bridgehead atoms. The van der Waals surface area contributed by atoms with Crippen LogP contribution < -0.4 is 5.32 Å². The lowest BCUT2D eigenvalue weighted by atomic mass is 10.1. The predicted molar refractivity (Wildman–Crippen MR) is 71.7 cm³/mol. The minimum Gasteiger partial charge on any atom is -0.317 e. The van der Waals surface area contributed by atoms with E-state index in [0.29, 0.717) is 6.04 Å². The summed E-state index contributed by atoms with van der Waals surface area (Å²) in [6.45, 7) is 3.18. The lowest BCUT2D eigenvalue weighted by Gasteiger charge is -2.30. The van der Waals surface area contributed by atoms with Gasteiger partial charge in [0.2, 0.25) is 0 Å². The summed E-state index contributed by atoms with van der Waals surface area (Å²) in [5, 5.41) is 4.49. The van der Waals surface area contributed by atoms with Gasteiger partial charge in [0, 0.05) is 6.04 Å². The highest BCUT2D eigenvalue weighted by Gasteiger charge is 2.18. The summed E-state index contributed by atoms with van der Waals surface area (Å²) < 4.78 is 0.781. The van der Waals surface area contributed by atoms with Crippen LogP contribution in [0.3, 0.4) is 0 Å². The molecule has 1 aromatic rings. The fraction of sp³-hybridized carbons (Fsp3) is 0.700. The number of nitrogens with zero attached hydrogens (tertiary/aromatic N) is 2. The van der Waals surface area contributed by atoms with Crippen molar-refractivity contribution in [1.82, 2.24) is 15.2 Å². The highest BCUT2D eigenvalue weighted by molar-refractivity contribution is 7.15. The van der Waals surface area contributed by atoms with Gasteiger partial charge in [-0.2, -0.15) is 0 Å². The zero-order chi connectivity index (χ0) is 10.7. The minimum absolute atomic E-state index is 0. The summed E-state index contributed by atoms with van der Waals surface area (Å²) in [6.07, 6.45) is 4.20. The standard InChI is InChI=1S/C10H16ClN3S.ClH/c1-14(8-2-4-12-5-3-8)7-10-13-6-9(11)15-10;/h6,8,12H,2-5,7H2,1H3;1H. The van der Waals surface area contributed by atoms with Crippen LogP contribution in [0.5, 0.6) is 0 Å². The largest absolute Gasteiger partial charge is 0.317 e.